The Morgan fingerprint density at radius 2 is 1.90 bits per heavy atom. The van der Waals surface area contributed by atoms with E-state index in [4.69, 9.17) is 5.11 Å². The van der Waals surface area contributed by atoms with Gasteiger partial charge in [0.15, 0.2) is 9.84 Å². The number of carboxylic acid groups (broad SMARTS) is 1. The molecule has 1 N–H and O–H groups in total. The van der Waals surface area contributed by atoms with E-state index in [-0.39, 0.29) is 23.7 Å². The Balaban J connectivity index is 2.72. The molecule has 0 aliphatic heterocycles. The first kappa shape index (κ1) is 16.8. The van der Waals surface area contributed by atoms with Gasteiger partial charge in [-0.1, -0.05) is 37.3 Å². The van der Waals surface area contributed by atoms with Crippen LogP contribution in [0.3, 0.4) is 0 Å². The first-order valence-corrected chi connectivity index (χ1v) is 9.40. The summed E-state index contributed by atoms with van der Waals surface area (Å²) in [5, 5.41) is 8.07. The number of benzene rings is 1. The second-order valence-electron chi connectivity index (χ2n) is 4.34. The van der Waals surface area contributed by atoms with E-state index in [9.17, 15) is 17.4 Å². The predicted octanol–water partition coefficient (Wildman–Crippen LogP) is 0.866. The minimum absolute atomic E-state index is 0.0272. The fourth-order valence-electron chi connectivity index (χ4n) is 1.62. The van der Waals surface area contributed by atoms with Gasteiger partial charge in [0.1, 0.15) is 5.25 Å². The van der Waals surface area contributed by atoms with Crippen LogP contribution in [0, 0.1) is 0 Å². The third-order valence-corrected chi connectivity index (χ3v) is 6.47. The van der Waals surface area contributed by atoms with Crippen LogP contribution in [0.4, 0.5) is 0 Å². The molecule has 20 heavy (non-hydrogen) atoms. The van der Waals surface area contributed by atoms with E-state index in [0.717, 1.165) is 5.56 Å². The molecule has 7 heteroatoms. The Hall–Kier alpha value is -1.21. The molecule has 0 aromatic heterocycles. The van der Waals surface area contributed by atoms with Gasteiger partial charge < -0.3 is 5.11 Å². The maximum absolute atomic E-state index is 12.0. The van der Waals surface area contributed by atoms with Gasteiger partial charge in [0.2, 0.25) is 0 Å². The van der Waals surface area contributed by atoms with Crippen molar-refractivity contribution in [2.45, 2.75) is 18.6 Å². The van der Waals surface area contributed by atoms with Gasteiger partial charge in [0, 0.05) is 22.3 Å². The number of rotatable bonds is 8. The topological polar surface area (TPSA) is 88.5 Å². The zero-order chi connectivity index (χ0) is 15.2. The lowest BCUT2D eigenvalue weighted by atomic mass is 10.1. The van der Waals surface area contributed by atoms with Crippen molar-refractivity contribution in [2.75, 3.05) is 17.3 Å². The average Bonchev–Trinajstić information content (AvgIpc) is 2.43. The summed E-state index contributed by atoms with van der Waals surface area (Å²) in [6.45, 7) is 1.51. The van der Waals surface area contributed by atoms with Crippen molar-refractivity contribution in [1.29, 1.82) is 0 Å². The van der Waals surface area contributed by atoms with Gasteiger partial charge in [0.25, 0.3) is 0 Å². The van der Waals surface area contributed by atoms with Crippen molar-refractivity contribution in [3.8, 4) is 0 Å². The van der Waals surface area contributed by atoms with Gasteiger partial charge in [-0.25, -0.2) is 8.42 Å². The highest BCUT2D eigenvalue weighted by Crippen LogP contribution is 2.09. The fraction of sp³-hybridized carbons (Fsp3) is 0.462. The molecule has 0 heterocycles. The summed E-state index contributed by atoms with van der Waals surface area (Å²) in [6, 6.07) is 8.88. The first-order chi connectivity index (χ1) is 9.35. The van der Waals surface area contributed by atoms with Gasteiger partial charge in [-0.3, -0.25) is 9.00 Å². The molecule has 0 aliphatic rings. The van der Waals surface area contributed by atoms with Gasteiger partial charge in [-0.05, 0) is 12.0 Å². The zero-order valence-corrected chi connectivity index (χ0v) is 12.8. The molecular formula is C13H18O5S2. The molecule has 1 rings (SSSR count). The molecule has 5 nitrogen and oxygen atoms in total. The monoisotopic (exact) mass is 318 g/mol. The second-order valence-corrected chi connectivity index (χ2v) is 8.55. The largest absolute Gasteiger partial charge is 0.480 e. The van der Waals surface area contributed by atoms with Crippen molar-refractivity contribution in [1.82, 2.24) is 0 Å². The lowest BCUT2D eigenvalue weighted by Crippen LogP contribution is -2.31. The lowest BCUT2D eigenvalue weighted by molar-refractivity contribution is -0.136. The van der Waals surface area contributed by atoms with Crippen molar-refractivity contribution in [3.63, 3.8) is 0 Å². The van der Waals surface area contributed by atoms with E-state index < -0.39 is 31.9 Å². The van der Waals surface area contributed by atoms with Gasteiger partial charge in [0.05, 0.1) is 5.75 Å². The summed E-state index contributed by atoms with van der Waals surface area (Å²) in [4.78, 5) is 11.2. The number of carbonyl (C=O) groups is 1. The molecule has 0 radical (unpaired) electrons. The third kappa shape index (κ3) is 5.42. The minimum atomic E-state index is -3.23. The van der Waals surface area contributed by atoms with E-state index in [2.05, 4.69) is 0 Å². The predicted molar refractivity (Wildman–Crippen MR) is 78.9 cm³/mol. The van der Waals surface area contributed by atoms with Crippen LogP contribution >= 0.6 is 0 Å². The summed E-state index contributed by atoms with van der Waals surface area (Å²) in [6.07, 6.45) is 0.134. The number of carboxylic acids is 1. The van der Waals surface area contributed by atoms with Crippen LogP contribution in [0.25, 0.3) is 0 Å². The third-order valence-electron chi connectivity index (χ3n) is 2.89. The molecule has 0 saturated heterocycles. The van der Waals surface area contributed by atoms with Gasteiger partial charge >= 0.3 is 5.97 Å². The quantitative estimate of drug-likeness (QED) is 0.768. The maximum Gasteiger partial charge on any atom is 0.319 e. The van der Waals surface area contributed by atoms with E-state index in [1.165, 1.54) is 6.92 Å². The van der Waals surface area contributed by atoms with Crippen LogP contribution in [0.5, 0.6) is 0 Å². The van der Waals surface area contributed by atoms with Crippen LogP contribution in [-0.2, 0) is 31.9 Å². The highest BCUT2D eigenvalue weighted by Gasteiger charge is 2.26. The standard InChI is InChI=1S/C13H18O5S2/c1-2-20(17,18)9-8-19(16)12(13(14)15)10-11-6-4-3-5-7-11/h3-7,12H,2,8-10H2,1H3,(H,14,15). The molecule has 0 saturated carbocycles. The molecule has 1 aromatic rings. The number of hydrogen-bond donors (Lipinski definition) is 1. The maximum atomic E-state index is 12.0. The van der Waals surface area contributed by atoms with Crippen LogP contribution < -0.4 is 0 Å². The molecule has 0 fully saturated rings. The second kappa shape index (κ2) is 7.54. The molecule has 0 amide bonds. The molecule has 0 aliphatic carbocycles. The summed E-state index contributed by atoms with van der Waals surface area (Å²) < 4.78 is 34.8. The molecule has 2 unspecified atom stereocenters. The zero-order valence-electron chi connectivity index (χ0n) is 11.2. The van der Waals surface area contributed by atoms with Crippen LogP contribution in [0.1, 0.15) is 12.5 Å². The Morgan fingerprint density at radius 1 is 1.30 bits per heavy atom. The van der Waals surface area contributed by atoms with Crippen molar-refractivity contribution >= 4 is 26.6 Å². The molecule has 0 bridgehead atoms. The lowest BCUT2D eigenvalue weighted by Gasteiger charge is -2.12. The van der Waals surface area contributed by atoms with E-state index in [1.54, 1.807) is 24.3 Å². The summed E-state index contributed by atoms with van der Waals surface area (Å²) >= 11 is 0. The Bertz CT molecular complexity index is 566. The number of hydrogen-bond acceptors (Lipinski definition) is 4. The fourth-order valence-corrected chi connectivity index (χ4v) is 4.47. The van der Waals surface area contributed by atoms with Gasteiger partial charge in [-0.15, -0.1) is 0 Å². The normalized spacial score (nSPS) is 14.7. The van der Waals surface area contributed by atoms with Crippen LogP contribution in [-0.4, -0.2) is 46.2 Å². The SMILES string of the molecule is CCS(=O)(=O)CCS(=O)C(Cc1ccccc1)C(=O)O. The Morgan fingerprint density at radius 3 is 2.40 bits per heavy atom. The smallest absolute Gasteiger partial charge is 0.319 e. The van der Waals surface area contributed by atoms with Crippen LogP contribution in [0.15, 0.2) is 30.3 Å². The van der Waals surface area contributed by atoms with E-state index in [0.29, 0.717) is 0 Å². The molecule has 2 atom stereocenters. The van der Waals surface area contributed by atoms with Gasteiger partial charge in [-0.2, -0.15) is 0 Å². The van der Waals surface area contributed by atoms with Crippen molar-refractivity contribution < 1.29 is 22.5 Å². The highest BCUT2D eigenvalue weighted by molar-refractivity contribution is 7.93. The molecule has 1 aromatic carbocycles. The summed E-state index contributed by atoms with van der Waals surface area (Å²) in [5.41, 5.74) is 0.770. The Kier molecular flexibility index (Phi) is 6.35. The van der Waals surface area contributed by atoms with Crippen molar-refractivity contribution in [3.05, 3.63) is 35.9 Å². The first-order valence-electron chi connectivity index (χ1n) is 6.20. The number of aliphatic carboxylic acids is 1. The molecule has 112 valence electrons. The average molecular weight is 318 g/mol. The van der Waals surface area contributed by atoms with E-state index in [1.807, 2.05) is 6.07 Å². The Labute approximate surface area is 121 Å². The van der Waals surface area contributed by atoms with Crippen molar-refractivity contribution in [2.24, 2.45) is 0 Å². The minimum Gasteiger partial charge on any atom is -0.480 e. The molecule has 0 spiro atoms. The van der Waals surface area contributed by atoms with E-state index >= 15 is 0 Å². The number of sulfone groups is 1. The molecular weight excluding hydrogens is 300 g/mol. The summed E-state index contributed by atoms with van der Waals surface area (Å²) in [5.74, 6) is -1.57. The summed E-state index contributed by atoms with van der Waals surface area (Å²) in [7, 11) is -4.95. The highest BCUT2D eigenvalue weighted by atomic mass is 32.2. The van der Waals surface area contributed by atoms with Crippen LogP contribution in [0.2, 0.25) is 0 Å².